The number of ether oxygens (including phenoxy) is 1. The van der Waals surface area contributed by atoms with Crippen molar-refractivity contribution in [2.24, 2.45) is 0 Å². The Morgan fingerprint density at radius 1 is 1.00 bits per heavy atom. The van der Waals surface area contributed by atoms with Crippen molar-refractivity contribution in [3.63, 3.8) is 0 Å². The zero-order valence-corrected chi connectivity index (χ0v) is 9.47. The van der Waals surface area contributed by atoms with Gasteiger partial charge in [-0.05, 0) is 48.2 Å². The van der Waals surface area contributed by atoms with Gasteiger partial charge in [-0.2, -0.15) is 0 Å². The van der Waals surface area contributed by atoms with E-state index in [1.54, 1.807) is 24.3 Å². The number of fused-ring (bicyclic) bond motifs is 1. The molecule has 17 heavy (non-hydrogen) atoms. The summed E-state index contributed by atoms with van der Waals surface area (Å²) in [5.74, 6) is 1.08. The maximum atomic E-state index is 9.22. The number of phenolic OH excluding ortho intramolecular Hbond substituents is 1. The summed E-state index contributed by atoms with van der Waals surface area (Å²) in [7, 11) is 0. The van der Waals surface area contributed by atoms with Crippen molar-refractivity contribution in [1.29, 1.82) is 0 Å². The third-order valence-electron chi connectivity index (χ3n) is 3.19. The van der Waals surface area contributed by atoms with Gasteiger partial charge in [-0.25, -0.2) is 0 Å². The average Bonchev–Trinajstić information content (AvgIpc) is 2.76. The first-order valence-electron chi connectivity index (χ1n) is 5.86. The number of phenols is 1. The Bertz CT molecular complexity index is 517. The molecule has 0 radical (unpaired) electrons. The molecule has 0 bridgehead atoms. The Labute approximate surface area is 100 Å². The van der Waals surface area contributed by atoms with E-state index in [-0.39, 0.29) is 11.9 Å². The van der Waals surface area contributed by atoms with Crippen LogP contribution in [0.1, 0.15) is 23.7 Å². The topological polar surface area (TPSA) is 29.5 Å². The average molecular weight is 226 g/mol. The number of rotatable bonds is 2. The molecule has 1 N–H and O–H groups in total. The van der Waals surface area contributed by atoms with Crippen molar-refractivity contribution < 1.29 is 9.84 Å². The van der Waals surface area contributed by atoms with Gasteiger partial charge in [0.15, 0.2) is 0 Å². The third-order valence-corrected chi connectivity index (χ3v) is 3.19. The van der Waals surface area contributed by atoms with Crippen LogP contribution in [0.5, 0.6) is 11.5 Å². The highest BCUT2D eigenvalue weighted by Crippen LogP contribution is 2.34. The molecular formula is C15H14O2. The van der Waals surface area contributed by atoms with Crippen LogP contribution < -0.4 is 4.74 Å². The zero-order chi connectivity index (χ0) is 11.7. The number of hydrogen-bond acceptors (Lipinski definition) is 2. The van der Waals surface area contributed by atoms with Crippen molar-refractivity contribution in [2.75, 3.05) is 0 Å². The summed E-state index contributed by atoms with van der Waals surface area (Å²) in [5, 5.41) is 9.22. The predicted molar refractivity (Wildman–Crippen MR) is 66.2 cm³/mol. The maximum Gasteiger partial charge on any atom is 0.124 e. The van der Waals surface area contributed by atoms with Gasteiger partial charge in [-0.1, -0.05) is 24.3 Å². The van der Waals surface area contributed by atoms with E-state index < -0.39 is 0 Å². The molecule has 2 aromatic carbocycles. The first-order chi connectivity index (χ1) is 8.33. The van der Waals surface area contributed by atoms with Gasteiger partial charge in [-0.15, -0.1) is 0 Å². The summed E-state index contributed by atoms with van der Waals surface area (Å²) in [6.45, 7) is 0. The molecule has 0 aliphatic heterocycles. The Morgan fingerprint density at radius 2 is 1.76 bits per heavy atom. The molecule has 0 heterocycles. The van der Waals surface area contributed by atoms with Crippen LogP contribution in [0, 0.1) is 0 Å². The van der Waals surface area contributed by atoms with Gasteiger partial charge in [0.25, 0.3) is 0 Å². The van der Waals surface area contributed by atoms with Crippen molar-refractivity contribution in [2.45, 2.75) is 18.9 Å². The SMILES string of the molecule is Oc1ccc(O[C@@H]2CCc3ccccc32)cc1. The Hall–Kier alpha value is -1.96. The van der Waals surface area contributed by atoms with E-state index >= 15 is 0 Å². The second kappa shape index (κ2) is 4.13. The molecular weight excluding hydrogens is 212 g/mol. The fourth-order valence-electron chi connectivity index (χ4n) is 2.33. The molecule has 1 aliphatic carbocycles. The molecule has 0 fully saturated rings. The summed E-state index contributed by atoms with van der Waals surface area (Å²) in [6.07, 6.45) is 2.26. The molecule has 0 unspecified atom stereocenters. The fraction of sp³-hybridized carbons (Fsp3) is 0.200. The molecule has 2 aromatic rings. The molecule has 0 saturated carbocycles. The molecule has 3 rings (SSSR count). The molecule has 0 spiro atoms. The molecule has 2 heteroatoms. The zero-order valence-electron chi connectivity index (χ0n) is 9.47. The van der Waals surface area contributed by atoms with E-state index in [2.05, 4.69) is 24.3 Å². The van der Waals surface area contributed by atoms with Crippen LogP contribution in [0.4, 0.5) is 0 Å². The monoisotopic (exact) mass is 226 g/mol. The molecule has 0 amide bonds. The number of hydrogen-bond donors (Lipinski definition) is 1. The Balaban J connectivity index is 1.81. The van der Waals surface area contributed by atoms with Crippen LogP contribution in [0.25, 0.3) is 0 Å². The van der Waals surface area contributed by atoms with E-state index in [0.717, 1.165) is 18.6 Å². The van der Waals surface area contributed by atoms with Crippen LogP contribution in [-0.2, 0) is 6.42 Å². The van der Waals surface area contributed by atoms with Crippen molar-refractivity contribution in [3.8, 4) is 11.5 Å². The predicted octanol–water partition coefficient (Wildman–Crippen LogP) is 3.46. The van der Waals surface area contributed by atoms with E-state index in [0.29, 0.717) is 0 Å². The highest BCUT2D eigenvalue weighted by molar-refractivity contribution is 5.36. The van der Waals surface area contributed by atoms with Gasteiger partial charge >= 0.3 is 0 Å². The highest BCUT2D eigenvalue weighted by atomic mass is 16.5. The van der Waals surface area contributed by atoms with Gasteiger partial charge in [0.1, 0.15) is 17.6 Å². The molecule has 0 aromatic heterocycles. The lowest BCUT2D eigenvalue weighted by atomic mass is 10.1. The minimum absolute atomic E-state index is 0.149. The maximum absolute atomic E-state index is 9.22. The van der Waals surface area contributed by atoms with Crippen molar-refractivity contribution in [1.82, 2.24) is 0 Å². The summed E-state index contributed by atoms with van der Waals surface area (Å²) in [4.78, 5) is 0. The van der Waals surface area contributed by atoms with E-state index in [4.69, 9.17) is 4.74 Å². The third kappa shape index (κ3) is 1.98. The van der Waals surface area contributed by atoms with Gasteiger partial charge in [0, 0.05) is 0 Å². The van der Waals surface area contributed by atoms with Crippen LogP contribution in [0.3, 0.4) is 0 Å². The second-order valence-corrected chi connectivity index (χ2v) is 4.34. The lowest BCUT2D eigenvalue weighted by Gasteiger charge is -2.14. The fourth-order valence-corrected chi connectivity index (χ4v) is 2.33. The molecule has 1 atom stereocenters. The number of aryl methyl sites for hydroxylation is 1. The van der Waals surface area contributed by atoms with E-state index in [1.165, 1.54) is 11.1 Å². The van der Waals surface area contributed by atoms with Gasteiger partial charge < -0.3 is 9.84 Å². The van der Waals surface area contributed by atoms with Gasteiger partial charge in [0.2, 0.25) is 0 Å². The van der Waals surface area contributed by atoms with E-state index in [1.807, 2.05) is 0 Å². The lowest BCUT2D eigenvalue weighted by molar-refractivity contribution is 0.207. The van der Waals surface area contributed by atoms with Crippen LogP contribution in [0.15, 0.2) is 48.5 Å². The van der Waals surface area contributed by atoms with Gasteiger partial charge in [0.05, 0.1) is 0 Å². The lowest BCUT2D eigenvalue weighted by Crippen LogP contribution is -2.02. The summed E-state index contributed by atoms with van der Waals surface area (Å²) in [5.41, 5.74) is 2.68. The van der Waals surface area contributed by atoms with Gasteiger partial charge in [-0.3, -0.25) is 0 Å². The highest BCUT2D eigenvalue weighted by Gasteiger charge is 2.23. The molecule has 86 valence electrons. The summed E-state index contributed by atoms with van der Waals surface area (Å²) < 4.78 is 5.95. The molecule has 1 aliphatic rings. The minimum atomic E-state index is 0.149. The largest absolute Gasteiger partial charge is 0.508 e. The first-order valence-corrected chi connectivity index (χ1v) is 5.86. The molecule has 2 nitrogen and oxygen atoms in total. The van der Waals surface area contributed by atoms with Crippen molar-refractivity contribution >= 4 is 0 Å². The van der Waals surface area contributed by atoms with Crippen LogP contribution >= 0.6 is 0 Å². The molecule has 0 saturated heterocycles. The smallest absolute Gasteiger partial charge is 0.124 e. The van der Waals surface area contributed by atoms with Crippen LogP contribution in [-0.4, -0.2) is 5.11 Å². The van der Waals surface area contributed by atoms with Crippen molar-refractivity contribution in [3.05, 3.63) is 59.7 Å². The van der Waals surface area contributed by atoms with Crippen LogP contribution in [0.2, 0.25) is 0 Å². The standard InChI is InChI=1S/C15H14O2/c16-12-6-8-13(9-7-12)17-15-10-5-11-3-1-2-4-14(11)15/h1-4,6-9,15-16H,5,10H2/t15-/m1/s1. The Morgan fingerprint density at radius 3 is 2.59 bits per heavy atom. The Kier molecular flexibility index (Phi) is 2.48. The first kappa shape index (κ1) is 10.2. The van der Waals surface area contributed by atoms with E-state index in [9.17, 15) is 5.11 Å². The normalized spacial score (nSPS) is 17.8. The summed E-state index contributed by atoms with van der Waals surface area (Å²) >= 11 is 0. The quantitative estimate of drug-likeness (QED) is 0.849. The number of aromatic hydroxyl groups is 1. The minimum Gasteiger partial charge on any atom is -0.508 e. The number of benzene rings is 2. The second-order valence-electron chi connectivity index (χ2n) is 4.34. The summed E-state index contributed by atoms with van der Waals surface area (Å²) in [6, 6.07) is 15.3.